The average Bonchev–Trinajstić information content (AvgIpc) is 2.48. The molecule has 0 unspecified atom stereocenters. The molecule has 2 nitrogen and oxygen atoms in total. The number of halogens is 2. The molecule has 1 aliphatic heterocycles. The molecule has 1 aromatic rings. The number of hydrogen-bond acceptors (Lipinski definition) is 2. The summed E-state index contributed by atoms with van der Waals surface area (Å²) >= 11 is 0. The largest absolute Gasteiger partial charge is 0.369 e. The zero-order valence-corrected chi connectivity index (χ0v) is 14.4. The first-order valence-electron chi connectivity index (χ1n) is 8.47. The summed E-state index contributed by atoms with van der Waals surface area (Å²) in [5.74, 6) is -2.07. The third-order valence-corrected chi connectivity index (χ3v) is 4.16. The Balaban J connectivity index is 1.86. The standard InChI is InChI=1S/C19H28F2N2/c1-4-9-19(20,21)15-22-10-12-23(13-11-22)18-7-5-17(6-8-18)14-16(2)3/h4-9,16H,10-15H2,1-3H3. The van der Waals surface area contributed by atoms with Crippen LogP contribution in [0.15, 0.2) is 36.4 Å². The van der Waals surface area contributed by atoms with Gasteiger partial charge in [0.25, 0.3) is 5.92 Å². The SMILES string of the molecule is CC=CC(F)(F)CN1CCN(c2ccc(CC(C)C)cc2)CC1. The summed E-state index contributed by atoms with van der Waals surface area (Å²) in [4.78, 5) is 4.13. The van der Waals surface area contributed by atoms with Crippen molar-refractivity contribution >= 4 is 5.69 Å². The molecule has 1 heterocycles. The summed E-state index contributed by atoms with van der Waals surface area (Å²) in [5, 5.41) is 0. The number of piperazine rings is 1. The fraction of sp³-hybridized carbons (Fsp3) is 0.579. The van der Waals surface area contributed by atoms with E-state index in [1.54, 1.807) is 6.92 Å². The second kappa shape index (κ2) is 7.91. The second-order valence-corrected chi connectivity index (χ2v) is 6.79. The minimum absolute atomic E-state index is 0.182. The maximum absolute atomic E-state index is 13.6. The van der Waals surface area contributed by atoms with Crippen molar-refractivity contribution in [3.8, 4) is 0 Å². The van der Waals surface area contributed by atoms with Crippen molar-refractivity contribution in [3.05, 3.63) is 42.0 Å². The van der Waals surface area contributed by atoms with Gasteiger partial charge >= 0.3 is 0 Å². The Bertz CT molecular complexity index is 501. The van der Waals surface area contributed by atoms with Crippen LogP contribution in [-0.2, 0) is 6.42 Å². The first-order valence-corrected chi connectivity index (χ1v) is 8.47. The van der Waals surface area contributed by atoms with E-state index in [0.717, 1.165) is 25.6 Å². The number of hydrogen-bond donors (Lipinski definition) is 0. The van der Waals surface area contributed by atoms with E-state index in [4.69, 9.17) is 0 Å². The number of alkyl halides is 2. The lowest BCUT2D eigenvalue weighted by Gasteiger charge is -2.37. The molecule has 128 valence electrons. The molecule has 2 rings (SSSR count). The number of allylic oxidation sites excluding steroid dienone is 1. The van der Waals surface area contributed by atoms with Gasteiger partial charge in [0, 0.05) is 31.9 Å². The molecule has 0 radical (unpaired) electrons. The lowest BCUT2D eigenvalue weighted by molar-refractivity contribution is 0.0119. The van der Waals surface area contributed by atoms with E-state index in [-0.39, 0.29) is 6.54 Å². The molecular formula is C19H28F2N2. The first-order chi connectivity index (χ1) is 10.9. The molecule has 0 amide bonds. The molecule has 1 fully saturated rings. The third kappa shape index (κ3) is 5.61. The molecule has 23 heavy (non-hydrogen) atoms. The Morgan fingerprint density at radius 2 is 1.70 bits per heavy atom. The zero-order valence-electron chi connectivity index (χ0n) is 14.4. The van der Waals surface area contributed by atoms with Crippen LogP contribution in [0.25, 0.3) is 0 Å². The molecule has 0 atom stereocenters. The van der Waals surface area contributed by atoms with Crippen molar-refractivity contribution in [1.29, 1.82) is 0 Å². The maximum Gasteiger partial charge on any atom is 0.278 e. The van der Waals surface area contributed by atoms with E-state index >= 15 is 0 Å². The predicted molar refractivity (Wildman–Crippen MR) is 93.4 cm³/mol. The van der Waals surface area contributed by atoms with Crippen molar-refractivity contribution in [2.45, 2.75) is 33.1 Å². The van der Waals surface area contributed by atoms with Crippen LogP contribution in [0.3, 0.4) is 0 Å². The van der Waals surface area contributed by atoms with Gasteiger partial charge in [-0.1, -0.05) is 32.1 Å². The van der Waals surface area contributed by atoms with Crippen LogP contribution >= 0.6 is 0 Å². The summed E-state index contributed by atoms with van der Waals surface area (Å²) in [5.41, 5.74) is 2.55. The van der Waals surface area contributed by atoms with Crippen molar-refractivity contribution in [3.63, 3.8) is 0 Å². The molecule has 0 N–H and O–H groups in total. The van der Waals surface area contributed by atoms with Gasteiger partial charge in [0.05, 0.1) is 6.54 Å². The predicted octanol–water partition coefficient (Wildman–Crippen LogP) is 4.22. The van der Waals surface area contributed by atoms with Crippen molar-refractivity contribution in [2.75, 3.05) is 37.6 Å². The second-order valence-electron chi connectivity index (χ2n) is 6.79. The van der Waals surface area contributed by atoms with Crippen LogP contribution in [0.5, 0.6) is 0 Å². The van der Waals surface area contributed by atoms with Gasteiger partial charge in [-0.25, -0.2) is 8.78 Å². The van der Waals surface area contributed by atoms with Crippen LogP contribution in [0, 0.1) is 5.92 Å². The van der Waals surface area contributed by atoms with Gasteiger partial charge < -0.3 is 4.90 Å². The first kappa shape index (κ1) is 17.9. The van der Waals surface area contributed by atoms with Gasteiger partial charge in [0.15, 0.2) is 0 Å². The van der Waals surface area contributed by atoms with Gasteiger partial charge in [-0.2, -0.15) is 0 Å². The highest BCUT2D eigenvalue weighted by Crippen LogP contribution is 2.21. The van der Waals surface area contributed by atoms with Crippen LogP contribution in [0.4, 0.5) is 14.5 Å². The van der Waals surface area contributed by atoms with E-state index in [9.17, 15) is 8.78 Å². The normalized spacial score (nSPS) is 17.4. The molecule has 0 aliphatic carbocycles. The number of nitrogens with zero attached hydrogens (tertiary/aromatic N) is 2. The zero-order chi connectivity index (χ0) is 16.9. The van der Waals surface area contributed by atoms with E-state index < -0.39 is 5.92 Å². The van der Waals surface area contributed by atoms with Crippen LogP contribution in [-0.4, -0.2) is 43.5 Å². The lowest BCUT2D eigenvalue weighted by atomic mass is 10.0. The molecule has 0 spiro atoms. The molecule has 1 aromatic carbocycles. The quantitative estimate of drug-likeness (QED) is 0.724. The Labute approximate surface area is 138 Å². The van der Waals surface area contributed by atoms with Crippen LogP contribution < -0.4 is 4.90 Å². The van der Waals surface area contributed by atoms with Crippen molar-refractivity contribution in [2.24, 2.45) is 5.92 Å². The van der Waals surface area contributed by atoms with Crippen molar-refractivity contribution in [1.82, 2.24) is 4.90 Å². The summed E-state index contributed by atoms with van der Waals surface area (Å²) < 4.78 is 27.3. The fourth-order valence-corrected chi connectivity index (χ4v) is 3.07. The van der Waals surface area contributed by atoms with Gasteiger partial charge in [-0.3, -0.25) is 4.90 Å². The number of anilines is 1. The molecule has 0 saturated carbocycles. The topological polar surface area (TPSA) is 6.48 Å². The summed E-state index contributed by atoms with van der Waals surface area (Å²) in [6.07, 6.45) is 3.51. The highest BCUT2D eigenvalue weighted by Gasteiger charge is 2.29. The number of rotatable bonds is 6. The van der Waals surface area contributed by atoms with Crippen LogP contribution in [0.2, 0.25) is 0 Å². The molecule has 0 aromatic heterocycles. The maximum atomic E-state index is 13.6. The Morgan fingerprint density at radius 3 is 2.22 bits per heavy atom. The van der Waals surface area contributed by atoms with Crippen molar-refractivity contribution < 1.29 is 8.78 Å². The smallest absolute Gasteiger partial charge is 0.278 e. The minimum atomic E-state index is -2.73. The summed E-state index contributed by atoms with van der Waals surface area (Å²) in [7, 11) is 0. The van der Waals surface area contributed by atoms with E-state index in [2.05, 4.69) is 43.0 Å². The van der Waals surface area contributed by atoms with E-state index in [1.807, 2.05) is 4.90 Å². The molecule has 4 heteroatoms. The lowest BCUT2D eigenvalue weighted by Crippen LogP contribution is -2.49. The van der Waals surface area contributed by atoms with Gasteiger partial charge in [0.2, 0.25) is 0 Å². The molecule has 1 saturated heterocycles. The van der Waals surface area contributed by atoms with E-state index in [1.165, 1.54) is 17.3 Å². The van der Waals surface area contributed by atoms with Gasteiger partial charge in [0.1, 0.15) is 0 Å². The third-order valence-electron chi connectivity index (χ3n) is 4.16. The minimum Gasteiger partial charge on any atom is -0.369 e. The monoisotopic (exact) mass is 322 g/mol. The van der Waals surface area contributed by atoms with E-state index in [0.29, 0.717) is 19.0 Å². The summed E-state index contributed by atoms with van der Waals surface area (Å²) in [6.45, 7) is 8.85. The Morgan fingerprint density at radius 1 is 1.09 bits per heavy atom. The number of benzene rings is 1. The highest BCUT2D eigenvalue weighted by atomic mass is 19.3. The molecule has 1 aliphatic rings. The Hall–Kier alpha value is -1.42. The molecular weight excluding hydrogens is 294 g/mol. The summed E-state index contributed by atoms with van der Waals surface area (Å²) in [6, 6.07) is 8.67. The molecule has 0 bridgehead atoms. The average molecular weight is 322 g/mol. The van der Waals surface area contributed by atoms with Gasteiger partial charge in [-0.15, -0.1) is 0 Å². The highest BCUT2D eigenvalue weighted by molar-refractivity contribution is 5.48. The Kier molecular flexibility index (Phi) is 6.17. The van der Waals surface area contributed by atoms with Crippen LogP contribution in [0.1, 0.15) is 26.3 Å². The fourth-order valence-electron chi connectivity index (χ4n) is 3.07. The van der Waals surface area contributed by atoms with Gasteiger partial charge in [-0.05, 0) is 43.0 Å².